The highest BCUT2D eigenvalue weighted by atomic mass is 16.5. The molecule has 0 radical (unpaired) electrons. The van der Waals surface area contributed by atoms with Gasteiger partial charge in [0.05, 0.1) is 62.0 Å². The Balaban J connectivity index is 1.87. The molecule has 3 rings (SSSR count). The highest BCUT2D eigenvalue weighted by Gasteiger charge is 2.35. The van der Waals surface area contributed by atoms with E-state index >= 15 is 0 Å². The molecule has 13 heteroatoms. The number of azo groups is 1. The maximum absolute atomic E-state index is 12.7. The zero-order valence-corrected chi connectivity index (χ0v) is 25.1. The van der Waals surface area contributed by atoms with Crippen LogP contribution in [0.4, 0.5) is 22.7 Å². The second-order valence-electron chi connectivity index (χ2n) is 9.37. The molecule has 43 heavy (non-hydrogen) atoms. The Morgan fingerprint density at radius 3 is 2.14 bits per heavy atom. The van der Waals surface area contributed by atoms with Crippen molar-refractivity contribution in [2.24, 2.45) is 10.2 Å². The number of ether oxygens (including phenoxy) is 4. The molecule has 1 heterocycles. The number of nitrogens with zero attached hydrogens (tertiary/aromatic N) is 5. The molecule has 3 amide bonds. The number of imide groups is 1. The average molecular weight is 595 g/mol. The number of methoxy groups -OCH3 is 1. The first-order chi connectivity index (χ1) is 20.8. The van der Waals surface area contributed by atoms with Gasteiger partial charge in [-0.15, -0.1) is 10.2 Å². The van der Waals surface area contributed by atoms with Crippen LogP contribution >= 0.6 is 0 Å². The van der Waals surface area contributed by atoms with Crippen LogP contribution in [0.3, 0.4) is 0 Å². The summed E-state index contributed by atoms with van der Waals surface area (Å²) in [4.78, 5) is 40.5. The Kier molecular flexibility index (Phi) is 13.2. The van der Waals surface area contributed by atoms with E-state index in [0.717, 1.165) is 10.6 Å². The molecule has 0 saturated carbocycles. The normalized spacial score (nSPS) is 12.6. The number of hydrogen-bond donors (Lipinski definition) is 1. The van der Waals surface area contributed by atoms with Crippen molar-refractivity contribution in [2.75, 3.05) is 83.2 Å². The fraction of sp³-hybridized carbons (Fsp3) is 0.467. The molecule has 1 aliphatic heterocycles. The molecule has 0 unspecified atom stereocenters. The number of anilines is 2. The molecule has 0 atom stereocenters. The van der Waals surface area contributed by atoms with E-state index in [4.69, 9.17) is 18.9 Å². The third-order valence-electron chi connectivity index (χ3n) is 6.46. The van der Waals surface area contributed by atoms with Gasteiger partial charge in [0.2, 0.25) is 5.91 Å². The van der Waals surface area contributed by atoms with Gasteiger partial charge in [-0.2, -0.15) is 5.26 Å². The summed E-state index contributed by atoms with van der Waals surface area (Å²) < 4.78 is 21.7. The second-order valence-corrected chi connectivity index (χ2v) is 9.37. The first kappa shape index (κ1) is 33.3. The van der Waals surface area contributed by atoms with Gasteiger partial charge in [-0.1, -0.05) is 0 Å². The summed E-state index contributed by atoms with van der Waals surface area (Å²) in [5.74, 6) is -1.19. The minimum absolute atomic E-state index is 0.100. The molecule has 1 aliphatic rings. The van der Waals surface area contributed by atoms with Crippen molar-refractivity contribution < 1.29 is 33.3 Å². The average Bonchev–Trinajstić information content (AvgIpc) is 3.23. The van der Waals surface area contributed by atoms with Crippen molar-refractivity contribution in [1.29, 1.82) is 5.26 Å². The molecule has 0 bridgehead atoms. The maximum atomic E-state index is 12.7. The Morgan fingerprint density at radius 1 is 0.907 bits per heavy atom. The zero-order chi connectivity index (χ0) is 31.2. The molecule has 0 spiro atoms. The molecule has 0 aliphatic carbocycles. The lowest BCUT2D eigenvalue weighted by Crippen LogP contribution is -2.31. The van der Waals surface area contributed by atoms with E-state index in [1.807, 2.05) is 19.1 Å². The quantitative estimate of drug-likeness (QED) is 0.153. The van der Waals surface area contributed by atoms with E-state index in [9.17, 15) is 19.6 Å². The lowest BCUT2D eigenvalue weighted by atomic mass is 10.0. The van der Waals surface area contributed by atoms with E-state index in [1.165, 1.54) is 19.1 Å². The van der Waals surface area contributed by atoms with Gasteiger partial charge in [0.15, 0.2) is 0 Å². The number of rotatable bonds is 18. The molecule has 2 aromatic carbocycles. The third kappa shape index (κ3) is 9.13. The summed E-state index contributed by atoms with van der Waals surface area (Å²) in [5.41, 5.74) is 2.11. The Hall–Kier alpha value is -4.22. The summed E-state index contributed by atoms with van der Waals surface area (Å²) >= 11 is 0. The van der Waals surface area contributed by atoms with Crippen LogP contribution in [-0.4, -0.2) is 95.6 Å². The molecule has 2 aromatic rings. The summed E-state index contributed by atoms with van der Waals surface area (Å²) in [5, 5.41) is 21.0. The Labute approximate surface area is 251 Å². The number of nitrogens with one attached hydrogen (secondary N) is 1. The molecule has 1 N–H and O–H groups in total. The molecule has 0 fully saturated rings. The van der Waals surface area contributed by atoms with Crippen LogP contribution in [0.15, 0.2) is 40.6 Å². The van der Waals surface area contributed by atoms with E-state index in [0.29, 0.717) is 70.7 Å². The number of hydrogen-bond acceptors (Lipinski definition) is 11. The molecule has 0 aromatic heterocycles. The minimum Gasteiger partial charge on any atom is -0.382 e. The van der Waals surface area contributed by atoms with Gasteiger partial charge in [-0.05, 0) is 44.2 Å². The molecule has 13 nitrogen and oxygen atoms in total. The lowest BCUT2D eigenvalue weighted by molar-refractivity contribution is -0.114. The number of fused-ring (bicyclic) bond motifs is 1. The van der Waals surface area contributed by atoms with E-state index in [2.05, 4.69) is 20.4 Å². The number of carbonyl (C=O) groups is 3. The van der Waals surface area contributed by atoms with Gasteiger partial charge in [0, 0.05) is 46.0 Å². The molecule has 0 saturated heterocycles. The van der Waals surface area contributed by atoms with Gasteiger partial charge in [-0.25, -0.2) is 0 Å². The highest BCUT2D eigenvalue weighted by Crippen LogP contribution is 2.34. The SMILES string of the molecule is CCOCCOCCN(CCOCCOC)c1ccc(N=Nc2cc3c(cc2C#N)C(=O)N(CC)C3=O)c(NC(C)=O)c1. The summed E-state index contributed by atoms with van der Waals surface area (Å²) in [7, 11) is 1.61. The van der Waals surface area contributed by atoms with Crippen molar-refractivity contribution in [3.8, 4) is 6.07 Å². The number of nitriles is 1. The van der Waals surface area contributed by atoms with Crippen LogP contribution in [0, 0.1) is 11.3 Å². The topological polar surface area (TPSA) is 155 Å². The van der Waals surface area contributed by atoms with E-state index in [1.54, 1.807) is 26.2 Å². The van der Waals surface area contributed by atoms with Gasteiger partial charge in [-0.3, -0.25) is 19.3 Å². The van der Waals surface area contributed by atoms with E-state index < -0.39 is 11.8 Å². The minimum atomic E-state index is -0.445. The molecular weight excluding hydrogens is 556 g/mol. The first-order valence-corrected chi connectivity index (χ1v) is 14.1. The summed E-state index contributed by atoms with van der Waals surface area (Å²) in [6, 6.07) is 10.1. The standard InChI is InChI=1S/C30H38N6O7/c1-5-36-29(38)24-17-22(20-31)27(19-25(24)30(36)39)34-33-26-8-7-23(18-28(26)32-21(3)37)35(9-11-42-14-13-40-4)10-12-43-16-15-41-6-2/h7-8,17-19H,5-6,9-16H2,1-4H3,(H,32,37). The largest absolute Gasteiger partial charge is 0.382 e. The van der Waals surface area contributed by atoms with Crippen molar-refractivity contribution in [2.45, 2.75) is 20.8 Å². The van der Waals surface area contributed by atoms with Gasteiger partial charge in [0.1, 0.15) is 17.4 Å². The first-order valence-electron chi connectivity index (χ1n) is 14.1. The molecule has 230 valence electrons. The van der Waals surface area contributed by atoms with Gasteiger partial charge < -0.3 is 29.2 Å². The maximum Gasteiger partial charge on any atom is 0.261 e. The van der Waals surface area contributed by atoms with Crippen molar-refractivity contribution in [3.63, 3.8) is 0 Å². The molecular formula is C30H38N6O7. The van der Waals surface area contributed by atoms with E-state index in [-0.39, 0.29) is 34.8 Å². The van der Waals surface area contributed by atoms with Crippen LogP contribution in [-0.2, 0) is 23.7 Å². The number of carbonyl (C=O) groups excluding carboxylic acids is 3. The summed E-state index contributed by atoms with van der Waals surface area (Å²) in [6.07, 6.45) is 0. The smallest absolute Gasteiger partial charge is 0.261 e. The van der Waals surface area contributed by atoms with Crippen LogP contribution in [0.1, 0.15) is 47.1 Å². The lowest BCUT2D eigenvalue weighted by Gasteiger charge is -2.25. The predicted molar refractivity (Wildman–Crippen MR) is 159 cm³/mol. The second kappa shape index (κ2) is 17.0. The fourth-order valence-corrected chi connectivity index (χ4v) is 4.32. The monoisotopic (exact) mass is 594 g/mol. The van der Waals surface area contributed by atoms with Crippen LogP contribution in [0.25, 0.3) is 0 Å². The van der Waals surface area contributed by atoms with Gasteiger partial charge in [0.25, 0.3) is 11.8 Å². The number of benzene rings is 2. The van der Waals surface area contributed by atoms with Crippen LogP contribution in [0.2, 0.25) is 0 Å². The fourth-order valence-electron chi connectivity index (χ4n) is 4.32. The van der Waals surface area contributed by atoms with Gasteiger partial charge >= 0.3 is 0 Å². The Morgan fingerprint density at radius 2 is 1.53 bits per heavy atom. The highest BCUT2D eigenvalue weighted by molar-refractivity contribution is 6.22. The zero-order valence-electron chi connectivity index (χ0n) is 25.1. The van der Waals surface area contributed by atoms with Crippen molar-refractivity contribution in [3.05, 3.63) is 47.0 Å². The van der Waals surface area contributed by atoms with Crippen molar-refractivity contribution in [1.82, 2.24) is 4.90 Å². The Bertz CT molecular complexity index is 1360. The van der Waals surface area contributed by atoms with Crippen molar-refractivity contribution >= 4 is 40.5 Å². The number of amides is 3. The predicted octanol–water partition coefficient (Wildman–Crippen LogP) is 4.07. The summed E-state index contributed by atoms with van der Waals surface area (Å²) in [6.45, 7) is 9.83. The van der Waals surface area contributed by atoms with Crippen LogP contribution in [0.5, 0.6) is 0 Å². The third-order valence-corrected chi connectivity index (χ3v) is 6.46. The van der Waals surface area contributed by atoms with Crippen LogP contribution < -0.4 is 10.2 Å².